The molecule has 2 saturated heterocycles. The van der Waals surface area contributed by atoms with E-state index < -0.39 is 20.3 Å². The summed E-state index contributed by atoms with van der Waals surface area (Å²) in [5.41, 5.74) is -2.06. The zero-order valence-corrected chi connectivity index (χ0v) is 23.0. The minimum atomic E-state index is -2.36. The molecule has 0 radical (unpaired) electrons. The Morgan fingerprint density at radius 1 is 1.04 bits per heavy atom. The second kappa shape index (κ2) is 10.7. The molecule has 0 amide bonds. The third kappa shape index (κ3) is 6.16. The Hall–Kier alpha value is 1.82. The molecule has 2 rings (SSSR count). The SMILES string of the molecule is CCN(CC)C(=S)S#[Te]1(SP2(=S)OCC(CC)(CC)CO2)CCCCC1. The van der Waals surface area contributed by atoms with Crippen molar-refractivity contribution in [2.24, 2.45) is 5.41 Å². The minimum absolute atomic E-state index is 0.166. The molecule has 154 valence electrons. The van der Waals surface area contributed by atoms with E-state index in [-0.39, 0.29) is 5.41 Å². The van der Waals surface area contributed by atoms with Crippen LogP contribution in [-0.2, 0) is 20.9 Å². The number of hydrogen-bond acceptors (Lipinski definition) is 5. The first-order valence-corrected chi connectivity index (χ1v) is 23.9. The molecule has 0 N–H and O–H groups in total. The van der Waals surface area contributed by atoms with E-state index in [0.717, 1.165) is 43.5 Å². The van der Waals surface area contributed by atoms with Crippen LogP contribution in [0.4, 0.5) is 0 Å². The monoisotopic (exact) mass is 573 g/mol. The maximum absolute atomic E-state index is 6.33. The van der Waals surface area contributed by atoms with Gasteiger partial charge in [0.05, 0.1) is 0 Å². The number of rotatable bonds is 5. The van der Waals surface area contributed by atoms with Gasteiger partial charge in [0, 0.05) is 0 Å². The summed E-state index contributed by atoms with van der Waals surface area (Å²) in [5, 5.41) is 0. The average molecular weight is 571 g/mol. The van der Waals surface area contributed by atoms with Crippen LogP contribution in [0.25, 0.3) is 0 Å². The molecule has 0 aromatic carbocycles. The summed E-state index contributed by atoms with van der Waals surface area (Å²) in [6, 6.07) is 0. The third-order valence-electron chi connectivity index (χ3n) is 5.44. The molecule has 0 saturated carbocycles. The molecule has 0 aliphatic carbocycles. The molecule has 2 aliphatic rings. The number of thiocarbonyl (C=S) groups is 1. The van der Waals surface area contributed by atoms with Crippen LogP contribution < -0.4 is 0 Å². The molecule has 0 atom stereocenters. The van der Waals surface area contributed by atoms with Gasteiger partial charge in [0.1, 0.15) is 0 Å². The van der Waals surface area contributed by atoms with E-state index in [9.17, 15) is 0 Å². The van der Waals surface area contributed by atoms with Gasteiger partial charge < -0.3 is 0 Å². The zero-order valence-electron chi connectivity index (χ0n) is 16.5. The van der Waals surface area contributed by atoms with Crippen molar-refractivity contribution in [2.75, 3.05) is 26.3 Å². The first-order valence-electron chi connectivity index (χ1n) is 9.73. The summed E-state index contributed by atoms with van der Waals surface area (Å²) in [4.78, 5) is 2.32. The molecule has 0 aromatic rings. The summed E-state index contributed by atoms with van der Waals surface area (Å²) >= 11 is 9.45. The fourth-order valence-electron chi connectivity index (χ4n) is 3.14. The van der Waals surface area contributed by atoms with Gasteiger partial charge >= 0.3 is 180 Å². The Bertz CT molecular complexity index is 638. The normalized spacial score (nSPS) is 24.0. The van der Waals surface area contributed by atoms with Crippen molar-refractivity contribution in [3.63, 3.8) is 0 Å². The standard InChI is InChI=1S/C17H34NO2PS4Te/c1-5-17(6-2)14-19-21(23,20-15-17)25-26(12-10-9-11-13-26)24-16(22)18(7-3)8-4/h5-15H2,1-4H3. The van der Waals surface area contributed by atoms with Crippen molar-refractivity contribution < 1.29 is 9.05 Å². The van der Waals surface area contributed by atoms with Crippen LogP contribution in [0.3, 0.4) is 0 Å². The summed E-state index contributed by atoms with van der Waals surface area (Å²) in [5.74, 6) is 0. The maximum atomic E-state index is 6.33. The van der Waals surface area contributed by atoms with Crippen molar-refractivity contribution in [1.82, 2.24) is 4.90 Å². The van der Waals surface area contributed by atoms with E-state index in [2.05, 4.69) is 32.6 Å². The van der Waals surface area contributed by atoms with E-state index >= 15 is 0 Å². The Kier molecular flexibility index (Phi) is 9.94. The van der Waals surface area contributed by atoms with Crippen molar-refractivity contribution in [3.8, 4) is 0 Å². The molecule has 0 unspecified atom stereocenters. The van der Waals surface area contributed by atoms with E-state index in [0.29, 0.717) is 0 Å². The molecule has 2 heterocycles. The Balaban J connectivity index is 2.24. The topological polar surface area (TPSA) is 21.7 Å². The van der Waals surface area contributed by atoms with Crippen molar-refractivity contribution in [1.29, 1.82) is 0 Å². The quantitative estimate of drug-likeness (QED) is 0.205. The molecular weight excluding hydrogens is 537 g/mol. The predicted octanol–water partition coefficient (Wildman–Crippen LogP) is 6.78. The van der Waals surface area contributed by atoms with Crippen LogP contribution in [-0.4, -0.2) is 50.1 Å². The molecule has 26 heavy (non-hydrogen) atoms. The van der Waals surface area contributed by atoms with Gasteiger partial charge in [-0.3, -0.25) is 0 Å². The molecule has 3 nitrogen and oxygen atoms in total. The van der Waals surface area contributed by atoms with Gasteiger partial charge in [0.15, 0.2) is 0 Å². The Morgan fingerprint density at radius 3 is 2.04 bits per heavy atom. The summed E-state index contributed by atoms with van der Waals surface area (Å²) in [6.07, 6.45) is 6.19. The number of hydrogen-bond donors (Lipinski definition) is 0. The fourth-order valence-corrected chi connectivity index (χ4v) is 56.3. The molecule has 0 spiro atoms. The van der Waals surface area contributed by atoms with E-state index in [1.54, 1.807) is 0 Å². The van der Waals surface area contributed by atoms with Crippen molar-refractivity contribution >= 4 is 65.5 Å². The van der Waals surface area contributed by atoms with Crippen LogP contribution in [0.15, 0.2) is 0 Å². The van der Waals surface area contributed by atoms with Gasteiger partial charge in [-0.1, -0.05) is 0 Å². The molecule has 0 aromatic heterocycles. The van der Waals surface area contributed by atoms with Gasteiger partial charge in [0.2, 0.25) is 0 Å². The molecule has 2 fully saturated rings. The van der Waals surface area contributed by atoms with Gasteiger partial charge in [0.25, 0.3) is 0 Å². The molecule has 9 heteroatoms. The van der Waals surface area contributed by atoms with Crippen LogP contribution in [0.1, 0.15) is 59.8 Å². The molecule has 2 aliphatic heterocycles. The van der Waals surface area contributed by atoms with Crippen molar-refractivity contribution in [3.05, 3.63) is 0 Å². The Labute approximate surface area is 178 Å². The first kappa shape index (κ1) is 24.1. The van der Waals surface area contributed by atoms with E-state index in [4.69, 9.17) is 33.1 Å². The first-order chi connectivity index (χ1) is 12.4. The van der Waals surface area contributed by atoms with Gasteiger partial charge in [-0.2, -0.15) is 0 Å². The fraction of sp³-hybridized carbons (Fsp3) is 0.941. The summed E-state index contributed by atoms with van der Waals surface area (Å²) in [7, 11) is 4.04. The van der Waals surface area contributed by atoms with Gasteiger partial charge in [-0.15, -0.1) is 0 Å². The van der Waals surface area contributed by atoms with Crippen LogP contribution in [0, 0.1) is 5.41 Å². The van der Waals surface area contributed by atoms with Crippen LogP contribution in [0.2, 0.25) is 8.94 Å². The number of nitrogens with zero attached hydrogens (tertiary/aromatic N) is 1. The van der Waals surface area contributed by atoms with Crippen molar-refractivity contribution in [2.45, 2.75) is 68.7 Å². The van der Waals surface area contributed by atoms with Gasteiger partial charge in [-0.25, -0.2) is 0 Å². The molecular formula is C17H34NO2PS4Te. The summed E-state index contributed by atoms with van der Waals surface area (Å²) in [6.45, 7) is 12.4. The second-order valence-electron chi connectivity index (χ2n) is 7.01. The third-order valence-corrected chi connectivity index (χ3v) is 45.6. The van der Waals surface area contributed by atoms with E-state index in [1.807, 2.05) is 16.8 Å². The van der Waals surface area contributed by atoms with E-state index in [1.165, 1.54) is 28.2 Å². The summed E-state index contributed by atoms with van der Waals surface area (Å²) < 4.78 is 16.4. The average Bonchev–Trinajstić information content (AvgIpc) is 2.64. The Morgan fingerprint density at radius 2 is 1.58 bits per heavy atom. The van der Waals surface area contributed by atoms with Crippen LogP contribution in [0.5, 0.6) is 0 Å². The predicted molar refractivity (Wildman–Crippen MR) is 129 cm³/mol. The second-order valence-corrected chi connectivity index (χ2v) is 35.6. The zero-order chi connectivity index (χ0) is 19.3. The van der Waals surface area contributed by atoms with Gasteiger partial charge in [-0.05, 0) is 0 Å². The van der Waals surface area contributed by atoms with Crippen LogP contribution >= 0.6 is 34.7 Å². The molecule has 0 bridgehead atoms.